The largest absolute Gasteiger partial charge is 0.507 e. The molecule has 1 saturated heterocycles. The third-order valence-corrected chi connectivity index (χ3v) is 6.65. The molecule has 36 heavy (non-hydrogen) atoms. The van der Waals surface area contributed by atoms with Gasteiger partial charge in [-0.1, -0.05) is 6.07 Å². The summed E-state index contributed by atoms with van der Waals surface area (Å²) in [6, 6.07) is 14.5. The second kappa shape index (κ2) is 10.4. The molecule has 8 nitrogen and oxygen atoms in total. The van der Waals surface area contributed by atoms with E-state index >= 15 is 0 Å². The minimum Gasteiger partial charge on any atom is -0.507 e. The van der Waals surface area contributed by atoms with Crippen LogP contribution in [0.5, 0.6) is 11.6 Å². The number of H-pyrrole nitrogens is 1. The van der Waals surface area contributed by atoms with Gasteiger partial charge in [-0.2, -0.15) is 0 Å². The van der Waals surface area contributed by atoms with Crippen LogP contribution in [0.25, 0.3) is 33.5 Å². The Hall–Kier alpha value is -3.91. The molecule has 186 valence electrons. The van der Waals surface area contributed by atoms with Crippen molar-refractivity contribution in [3.63, 3.8) is 0 Å². The second-order valence-corrected chi connectivity index (χ2v) is 9.11. The van der Waals surface area contributed by atoms with Crippen molar-refractivity contribution in [2.24, 2.45) is 0 Å². The van der Waals surface area contributed by atoms with Crippen molar-refractivity contribution in [3.8, 4) is 34.1 Å². The number of imidazole rings is 1. The molecule has 5 rings (SSSR count). The van der Waals surface area contributed by atoms with Crippen LogP contribution in [-0.2, 0) is 4.74 Å². The molecule has 0 saturated carbocycles. The van der Waals surface area contributed by atoms with Gasteiger partial charge in [0.1, 0.15) is 11.6 Å². The molecule has 1 fully saturated rings. The van der Waals surface area contributed by atoms with E-state index in [-0.39, 0.29) is 11.7 Å². The summed E-state index contributed by atoms with van der Waals surface area (Å²) in [5, 5.41) is 10.6. The maximum absolute atomic E-state index is 13.0. The lowest BCUT2D eigenvalue weighted by atomic mass is 10.0. The number of fused-ring (bicyclic) bond motifs is 1. The van der Waals surface area contributed by atoms with Gasteiger partial charge < -0.3 is 24.5 Å². The van der Waals surface area contributed by atoms with E-state index in [1.807, 2.05) is 37.4 Å². The number of nitrogens with zero attached hydrogens (tertiary/aromatic N) is 3. The van der Waals surface area contributed by atoms with Crippen LogP contribution in [0.4, 0.5) is 0 Å². The van der Waals surface area contributed by atoms with E-state index in [1.165, 1.54) is 0 Å². The topological polar surface area (TPSA) is 101 Å². The summed E-state index contributed by atoms with van der Waals surface area (Å²) in [7, 11) is 3.40. The fraction of sp³-hybridized carbons (Fsp3) is 0.321. The first-order valence-electron chi connectivity index (χ1n) is 12.2. The second-order valence-electron chi connectivity index (χ2n) is 9.11. The summed E-state index contributed by atoms with van der Waals surface area (Å²) in [6.07, 6.45) is 6.14. The maximum atomic E-state index is 13.0. The zero-order valence-electron chi connectivity index (χ0n) is 20.5. The third-order valence-electron chi connectivity index (χ3n) is 6.65. The summed E-state index contributed by atoms with van der Waals surface area (Å²) in [6.45, 7) is 1.53. The molecule has 8 heteroatoms. The van der Waals surface area contributed by atoms with Gasteiger partial charge in [0.15, 0.2) is 0 Å². The van der Waals surface area contributed by atoms with E-state index < -0.39 is 0 Å². The van der Waals surface area contributed by atoms with Gasteiger partial charge in [0.25, 0.3) is 5.91 Å². The Kier molecular flexibility index (Phi) is 6.86. The predicted octanol–water partition coefficient (Wildman–Crippen LogP) is 5.04. The summed E-state index contributed by atoms with van der Waals surface area (Å²) < 4.78 is 11.1. The van der Waals surface area contributed by atoms with Gasteiger partial charge in [-0.05, 0) is 73.7 Å². The lowest BCUT2D eigenvalue weighted by molar-refractivity contribution is 0.0763. The van der Waals surface area contributed by atoms with Crippen molar-refractivity contribution in [2.45, 2.75) is 31.8 Å². The summed E-state index contributed by atoms with van der Waals surface area (Å²) in [5.41, 5.74) is 4.23. The molecular formula is C28H30N4O4. The van der Waals surface area contributed by atoms with Crippen LogP contribution >= 0.6 is 0 Å². The minimum atomic E-state index is -0.0395. The molecule has 2 aromatic heterocycles. The number of amides is 1. The number of phenols is 1. The highest BCUT2D eigenvalue weighted by molar-refractivity contribution is 5.97. The highest BCUT2D eigenvalue weighted by Crippen LogP contribution is 2.35. The van der Waals surface area contributed by atoms with Gasteiger partial charge in [0.05, 0.1) is 29.8 Å². The fourth-order valence-electron chi connectivity index (χ4n) is 4.68. The first-order valence-corrected chi connectivity index (χ1v) is 12.2. The Morgan fingerprint density at radius 1 is 1.22 bits per heavy atom. The maximum Gasteiger partial charge on any atom is 0.253 e. The van der Waals surface area contributed by atoms with Crippen LogP contribution < -0.4 is 4.74 Å². The average molecular weight is 487 g/mol. The molecule has 1 amide bonds. The number of aromatic hydroxyl groups is 1. The summed E-state index contributed by atoms with van der Waals surface area (Å²) >= 11 is 0. The van der Waals surface area contributed by atoms with Crippen molar-refractivity contribution >= 4 is 16.9 Å². The van der Waals surface area contributed by atoms with Crippen molar-refractivity contribution in [1.82, 2.24) is 19.9 Å². The van der Waals surface area contributed by atoms with Crippen molar-refractivity contribution < 1.29 is 19.4 Å². The van der Waals surface area contributed by atoms with Crippen LogP contribution in [-0.4, -0.2) is 64.3 Å². The van der Waals surface area contributed by atoms with Crippen LogP contribution in [0.2, 0.25) is 0 Å². The number of phenolic OH excluding ortho intramolecular Hbond substituents is 1. The summed E-state index contributed by atoms with van der Waals surface area (Å²) in [5.74, 6) is 1.08. The highest BCUT2D eigenvalue weighted by Gasteiger charge is 2.18. The summed E-state index contributed by atoms with van der Waals surface area (Å²) in [4.78, 5) is 27.0. The molecule has 1 unspecified atom stereocenters. The van der Waals surface area contributed by atoms with Gasteiger partial charge in [0, 0.05) is 37.5 Å². The number of pyridine rings is 1. The molecule has 4 aromatic rings. The Balaban J connectivity index is 1.36. The van der Waals surface area contributed by atoms with Gasteiger partial charge in [-0.15, -0.1) is 0 Å². The minimum absolute atomic E-state index is 0.0395. The van der Waals surface area contributed by atoms with E-state index in [0.29, 0.717) is 41.0 Å². The van der Waals surface area contributed by atoms with Crippen LogP contribution in [0.1, 0.15) is 36.0 Å². The van der Waals surface area contributed by atoms with E-state index in [4.69, 9.17) is 9.47 Å². The van der Waals surface area contributed by atoms with Crippen LogP contribution in [0, 0.1) is 0 Å². The number of hydrogen-bond donors (Lipinski definition) is 2. The number of rotatable bonds is 8. The number of aromatic amines is 1. The quantitative estimate of drug-likeness (QED) is 0.362. The SMILES string of the molecule is COc1ncccc1-c1ccc(O)c(-c2nc3cc(C(=O)N(C)CCCC4CCCO4)ccc3[nH]2)c1. The molecule has 0 bridgehead atoms. The monoisotopic (exact) mass is 486 g/mol. The van der Waals surface area contributed by atoms with Crippen molar-refractivity contribution in [1.29, 1.82) is 0 Å². The van der Waals surface area contributed by atoms with E-state index in [2.05, 4.69) is 15.0 Å². The van der Waals surface area contributed by atoms with E-state index in [0.717, 1.165) is 48.9 Å². The fourth-order valence-corrected chi connectivity index (χ4v) is 4.68. The van der Waals surface area contributed by atoms with Crippen molar-refractivity contribution in [2.75, 3.05) is 27.3 Å². The molecule has 1 aliphatic heterocycles. The Labute approximate surface area is 209 Å². The van der Waals surface area contributed by atoms with Gasteiger partial charge in [0.2, 0.25) is 5.88 Å². The Bertz CT molecular complexity index is 1380. The highest BCUT2D eigenvalue weighted by atomic mass is 16.5. The standard InChI is InChI=1S/C28H30N4O4/c1-32(14-4-6-20-7-5-15-36-20)28(34)19-9-11-23-24(17-19)31-26(30-23)22-16-18(10-12-25(22)33)21-8-3-13-29-27(21)35-2/h3,8-13,16-17,20,33H,4-7,14-15H2,1-2H3,(H,30,31). The number of carbonyl (C=O) groups excluding carboxylic acids is 1. The number of carbonyl (C=O) groups is 1. The van der Waals surface area contributed by atoms with E-state index in [1.54, 1.807) is 36.4 Å². The van der Waals surface area contributed by atoms with Gasteiger partial charge >= 0.3 is 0 Å². The molecule has 2 aromatic carbocycles. The number of benzene rings is 2. The molecule has 2 N–H and O–H groups in total. The predicted molar refractivity (Wildman–Crippen MR) is 138 cm³/mol. The number of nitrogens with one attached hydrogen (secondary N) is 1. The van der Waals surface area contributed by atoms with Gasteiger partial charge in [-0.25, -0.2) is 9.97 Å². The average Bonchev–Trinajstić information content (AvgIpc) is 3.58. The lowest BCUT2D eigenvalue weighted by Gasteiger charge is -2.18. The zero-order chi connectivity index (χ0) is 25.1. The molecule has 3 heterocycles. The number of ether oxygens (including phenoxy) is 2. The molecule has 0 aliphatic carbocycles. The molecule has 1 atom stereocenters. The van der Waals surface area contributed by atoms with E-state index in [9.17, 15) is 9.90 Å². The molecule has 0 spiro atoms. The number of hydrogen-bond acceptors (Lipinski definition) is 6. The third kappa shape index (κ3) is 4.90. The first kappa shape index (κ1) is 23.8. The molecular weight excluding hydrogens is 456 g/mol. The first-order chi connectivity index (χ1) is 17.5. The molecule has 1 aliphatic rings. The Morgan fingerprint density at radius 3 is 2.92 bits per heavy atom. The van der Waals surface area contributed by atoms with Crippen molar-refractivity contribution in [3.05, 3.63) is 60.3 Å². The number of methoxy groups -OCH3 is 1. The molecule has 0 radical (unpaired) electrons. The lowest BCUT2D eigenvalue weighted by Crippen LogP contribution is -2.28. The Morgan fingerprint density at radius 2 is 2.11 bits per heavy atom. The normalized spacial score (nSPS) is 15.3. The van der Waals surface area contributed by atoms with Gasteiger partial charge in [-0.3, -0.25) is 4.79 Å². The zero-order valence-corrected chi connectivity index (χ0v) is 20.5. The van der Waals surface area contributed by atoms with Crippen LogP contribution in [0.3, 0.4) is 0 Å². The smallest absolute Gasteiger partial charge is 0.253 e. The number of aromatic nitrogens is 3. The van der Waals surface area contributed by atoms with Crippen LogP contribution in [0.15, 0.2) is 54.7 Å².